The predicted octanol–water partition coefficient (Wildman–Crippen LogP) is 4.43. The summed E-state index contributed by atoms with van der Waals surface area (Å²) in [5.74, 6) is -0.553. The molecule has 0 amide bonds. The van der Waals surface area contributed by atoms with Crippen molar-refractivity contribution in [1.82, 2.24) is 0 Å². The number of carbonyl (C=O) groups excluding carboxylic acids is 1. The van der Waals surface area contributed by atoms with Gasteiger partial charge < -0.3 is 4.74 Å². The number of rotatable bonds is 4. The normalized spacial score (nSPS) is 10.1. The summed E-state index contributed by atoms with van der Waals surface area (Å²) in [6.07, 6.45) is 0. The van der Waals surface area contributed by atoms with Crippen LogP contribution in [0.3, 0.4) is 0 Å². The van der Waals surface area contributed by atoms with E-state index >= 15 is 0 Å². The molecule has 2 rings (SSSR count). The topological polar surface area (TPSA) is 50.1 Å². The van der Waals surface area contributed by atoms with Gasteiger partial charge in [-0.05, 0) is 42.0 Å². The highest BCUT2D eigenvalue weighted by atomic mass is 35.5. The van der Waals surface area contributed by atoms with Crippen molar-refractivity contribution in [1.29, 1.82) is 5.26 Å². The highest BCUT2D eigenvalue weighted by molar-refractivity contribution is 7.98. The fourth-order valence-electron chi connectivity index (χ4n) is 1.78. The number of benzene rings is 2. The molecule has 0 aliphatic heterocycles. The number of halogens is 2. The van der Waals surface area contributed by atoms with Crippen LogP contribution < -0.4 is 0 Å². The van der Waals surface area contributed by atoms with Crippen molar-refractivity contribution in [3.63, 3.8) is 0 Å². The molecule has 2 aromatic rings. The van der Waals surface area contributed by atoms with Gasteiger partial charge in [0.2, 0.25) is 0 Å². The second-order valence-corrected chi connectivity index (χ2v) is 5.80. The van der Waals surface area contributed by atoms with Crippen LogP contribution in [0.15, 0.2) is 41.3 Å². The Kier molecular flexibility index (Phi) is 5.42. The van der Waals surface area contributed by atoms with Gasteiger partial charge >= 0.3 is 5.97 Å². The van der Waals surface area contributed by atoms with Gasteiger partial charge in [0.1, 0.15) is 5.82 Å². The van der Waals surface area contributed by atoms with Crippen molar-refractivity contribution < 1.29 is 13.9 Å². The summed E-state index contributed by atoms with van der Waals surface area (Å²) in [6, 6.07) is 11.1. The van der Waals surface area contributed by atoms with Gasteiger partial charge in [0.25, 0.3) is 0 Å². The molecule has 0 atom stereocenters. The van der Waals surface area contributed by atoms with Gasteiger partial charge in [0, 0.05) is 10.6 Å². The summed E-state index contributed by atoms with van der Waals surface area (Å²) < 4.78 is 18.4. The lowest BCUT2D eigenvalue weighted by atomic mass is 10.1. The fraction of sp³-hybridized carbons (Fsp3) is 0.125. The van der Waals surface area contributed by atoms with Crippen LogP contribution in [0.4, 0.5) is 4.39 Å². The number of hydrogen-bond donors (Lipinski definition) is 0. The zero-order chi connectivity index (χ0) is 16.1. The quantitative estimate of drug-likeness (QED) is 0.612. The summed E-state index contributed by atoms with van der Waals surface area (Å²) in [5, 5.41) is 9.15. The third-order valence-corrected chi connectivity index (χ3v) is 4.28. The van der Waals surface area contributed by atoms with Gasteiger partial charge in [0.05, 0.1) is 29.3 Å². The van der Waals surface area contributed by atoms with Crippen molar-refractivity contribution in [2.75, 3.05) is 7.11 Å². The molecule has 112 valence electrons. The SMILES string of the molecule is COC(=O)c1cc(SCc2cc(C#N)ccc2F)ccc1Cl. The molecule has 0 saturated heterocycles. The highest BCUT2D eigenvalue weighted by Gasteiger charge is 2.12. The number of esters is 1. The lowest BCUT2D eigenvalue weighted by molar-refractivity contribution is 0.0600. The molecule has 0 heterocycles. The van der Waals surface area contributed by atoms with Crippen molar-refractivity contribution in [2.24, 2.45) is 0 Å². The molecule has 0 saturated carbocycles. The number of hydrogen-bond acceptors (Lipinski definition) is 4. The molecule has 0 aromatic heterocycles. The zero-order valence-corrected chi connectivity index (χ0v) is 13.2. The summed E-state index contributed by atoms with van der Waals surface area (Å²) in [7, 11) is 1.28. The molecular formula is C16H11ClFNO2S. The molecule has 22 heavy (non-hydrogen) atoms. The first-order valence-corrected chi connectivity index (χ1v) is 7.60. The second kappa shape index (κ2) is 7.30. The van der Waals surface area contributed by atoms with Crippen molar-refractivity contribution >= 4 is 29.3 Å². The summed E-state index contributed by atoms with van der Waals surface area (Å²) in [4.78, 5) is 12.3. The maximum atomic E-state index is 13.7. The molecule has 0 fully saturated rings. The number of ether oxygens (including phenoxy) is 1. The number of nitriles is 1. The first-order chi connectivity index (χ1) is 10.5. The molecule has 0 spiro atoms. The van der Waals surface area contributed by atoms with Crippen molar-refractivity contribution in [3.05, 3.63) is 63.9 Å². The molecule has 6 heteroatoms. The zero-order valence-electron chi connectivity index (χ0n) is 11.6. The van der Waals surface area contributed by atoms with Crippen molar-refractivity contribution in [2.45, 2.75) is 10.6 Å². The fourth-order valence-corrected chi connectivity index (χ4v) is 2.88. The van der Waals surface area contributed by atoms with E-state index in [-0.39, 0.29) is 11.4 Å². The average Bonchev–Trinajstić information content (AvgIpc) is 2.54. The van der Waals surface area contributed by atoms with E-state index in [1.807, 2.05) is 6.07 Å². The highest BCUT2D eigenvalue weighted by Crippen LogP contribution is 2.28. The molecule has 3 nitrogen and oxygen atoms in total. The van der Waals surface area contributed by atoms with Gasteiger partial charge in [-0.2, -0.15) is 5.26 Å². The average molecular weight is 336 g/mol. The van der Waals surface area contributed by atoms with Gasteiger partial charge in [-0.3, -0.25) is 0 Å². The predicted molar refractivity (Wildman–Crippen MR) is 83.5 cm³/mol. The Balaban J connectivity index is 2.19. The number of thioether (sulfide) groups is 1. The molecule has 2 aromatic carbocycles. The van der Waals surface area contributed by atoms with E-state index in [9.17, 15) is 9.18 Å². The maximum Gasteiger partial charge on any atom is 0.339 e. The third kappa shape index (κ3) is 3.79. The van der Waals surface area contributed by atoms with Crippen LogP contribution >= 0.6 is 23.4 Å². The monoisotopic (exact) mass is 335 g/mol. The van der Waals surface area contributed by atoms with E-state index in [1.165, 1.54) is 37.1 Å². The van der Waals surface area contributed by atoms with Crippen LogP contribution in [0.2, 0.25) is 5.02 Å². The standard InChI is InChI=1S/C16H11ClFNO2S/c1-21-16(20)13-7-12(3-4-14(13)17)22-9-11-6-10(8-19)2-5-15(11)18/h2-7H,9H2,1H3. The van der Waals surface area contributed by atoms with E-state index in [0.717, 1.165) is 4.90 Å². The minimum atomic E-state index is -0.523. The number of nitrogens with zero attached hydrogens (tertiary/aromatic N) is 1. The Morgan fingerprint density at radius 3 is 2.82 bits per heavy atom. The lowest BCUT2D eigenvalue weighted by Gasteiger charge is -2.07. The first-order valence-electron chi connectivity index (χ1n) is 6.24. The van der Waals surface area contributed by atoms with Crippen LogP contribution in [0.1, 0.15) is 21.5 Å². The van der Waals surface area contributed by atoms with Crippen LogP contribution in [0.25, 0.3) is 0 Å². The molecule has 0 N–H and O–H groups in total. The minimum absolute atomic E-state index is 0.264. The second-order valence-electron chi connectivity index (χ2n) is 4.34. The number of carbonyl (C=O) groups is 1. The van der Waals surface area contributed by atoms with E-state index in [1.54, 1.807) is 18.2 Å². The van der Waals surface area contributed by atoms with E-state index in [2.05, 4.69) is 4.74 Å². The first kappa shape index (κ1) is 16.3. The lowest BCUT2D eigenvalue weighted by Crippen LogP contribution is -2.02. The molecular weight excluding hydrogens is 325 g/mol. The Labute approximate surface area is 136 Å². The molecule has 0 radical (unpaired) electrons. The van der Waals surface area contributed by atoms with E-state index in [0.29, 0.717) is 21.9 Å². The van der Waals surface area contributed by atoms with Crippen LogP contribution in [0, 0.1) is 17.1 Å². The smallest absolute Gasteiger partial charge is 0.339 e. The Hall–Kier alpha value is -2.03. The van der Waals surface area contributed by atoms with Crippen LogP contribution in [0.5, 0.6) is 0 Å². The Morgan fingerprint density at radius 2 is 2.14 bits per heavy atom. The summed E-state index contributed by atoms with van der Waals surface area (Å²) in [5.41, 5.74) is 1.10. The third-order valence-electron chi connectivity index (χ3n) is 2.91. The van der Waals surface area contributed by atoms with E-state index in [4.69, 9.17) is 16.9 Å². The summed E-state index contributed by atoms with van der Waals surface area (Å²) in [6.45, 7) is 0. The van der Waals surface area contributed by atoms with Crippen LogP contribution in [-0.2, 0) is 10.5 Å². The Morgan fingerprint density at radius 1 is 1.36 bits per heavy atom. The van der Waals surface area contributed by atoms with Gasteiger partial charge in [-0.1, -0.05) is 11.6 Å². The molecule has 0 unspecified atom stereocenters. The summed E-state index contributed by atoms with van der Waals surface area (Å²) >= 11 is 7.29. The largest absolute Gasteiger partial charge is 0.465 e. The van der Waals surface area contributed by atoms with Gasteiger partial charge in [-0.25, -0.2) is 9.18 Å². The van der Waals surface area contributed by atoms with Crippen LogP contribution in [-0.4, -0.2) is 13.1 Å². The molecule has 0 bridgehead atoms. The maximum absolute atomic E-state index is 13.7. The van der Waals surface area contributed by atoms with Gasteiger partial charge in [0.15, 0.2) is 0 Å². The minimum Gasteiger partial charge on any atom is -0.465 e. The van der Waals surface area contributed by atoms with E-state index < -0.39 is 5.97 Å². The number of methoxy groups -OCH3 is 1. The molecule has 0 aliphatic rings. The van der Waals surface area contributed by atoms with Gasteiger partial charge in [-0.15, -0.1) is 11.8 Å². The Bertz CT molecular complexity index is 758. The van der Waals surface area contributed by atoms with Crippen molar-refractivity contribution in [3.8, 4) is 6.07 Å². The molecule has 0 aliphatic carbocycles.